The molecule has 4 nitrogen and oxygen atoms in total. The fraction of sp³-hybridized carbons (Fsp3) is 0.615. The van der Waals surface area contributed by atoms with Crippen LogP contribution in [0.25, 0.3) is 0 Å². The molecule has 0 fully saturated rings. The van der Waals surface area contributed by atoms with Crippen LogP contribution in [0, 0.1) is 0 Å². The highest BCUT2D eigenvalue weighted by Crippen LogP contribution is 2.13. The molecule has 100 valence electrons. The average Bonchev–Trinajstić information content (AvgIpc) is 2.39. The lowest BCUT2D eigenvalue weighted by Crippen LogP contribution is -2.28. The number of likely N-dealkylation sites (N-methyl/N-ethyl adjacent to an activating group) is 1. The quantitative estimate of drug-likeness (QED) is 0.833. The van der Waals surface area contributed by atoms with Gasteiger partial charge in [-0.25, -0.2) is 4.98 Å². The number of pyridine rings is 1. The van der Waals surface area contributed by atoms with Gasteiger partial charge in [0.05, 0.1) is 13.3 Å². The molecule has 0 aromatic carbocycles. The Balaban J connectivity index is 0. The number of nitrogens with one attached hydrogen (secondary N) is 1. The van der Waals surface area contributed by atoms with Crippen LogP contribution in [0.1, 0.15) is 29.1 Å². The summed E-state index contributed by atoms with van der Waals surface area (Å²) >= 11 is 0. The molecule has 0 radical (unpaired) electrons. The van der Waals surface area contributed by atoms with E-state index in [-0.39, 0.29) is 7.53 Å². The first-order valence-corrected chi connectivity index (χ1v) is 6.13. The van der Waals surface area contributed by atoms with E-state index < -0.39 is 0 Å². The summed E-state index contributed by atoms with van der Waals surface area (Å²) in [6, 6.07) is 3.64. The molecule has 1 aromatic heterocycles. The summed E-state index contributed by atoms with van der Waals surface area (Å²) in [5.41, 5.74) is 0. The molecule has 1 aromatic rings. The van der Waals surface area contributed by atoms with Crippen LogP contribution in [0.5, 0.6) is 11.6 Å². The Morgan fingerprint density at radius 1 is 1.41 bits per heavy atom. The van der Waals surface area contributed by atoms with Crippen LogP contribution in [0.2, 0.25) is 0 Å². The molecule has 0 aliphatic rings. The van der Waals surface area contributed by atoms with Gasteiger partial charge in [0.15, 0.2) is 0 Å². The molecule has 0 aliphatic carbocycles. The third-order valence-electron chi connectivity index (χ3n) is 1.95. The number of hydrogen-bond donors (Lipinski definition) is 1. The van der Waals surface area contributed by atoms with E-state index in [0.29, 0.717) is 5.88 Å². The summed E-state index contributed by atoms with van der Waals surface area (Å²) in [4.78, 5) is 4.12. The van der Waals surface area contributed by atoms with Gasteiger partial charge in [-0.05, 0) is 19.5 Å². The second-order valence-electron chi connectivity index (χ2n) is 3.27. The molecule has 0 saturated carbocycles. The zero-order valence-electron chi connectivity index (χ0n) is 11.5. The molecule has 1 heterocycles. The monoisotopic (exact) mass is 242 g/mol. The SMILES string of the molecule is CC.CCNC[C@@H](C)Oc1ccc(OC)cn1.[HH]. The van der Waals surface area contributed by atoms with Gasteiger partial charge in [-0.1, -0.05) is 20.8 Å². The standard InChI is InChI=1S/C11H18N2O2.C2H6.H2/c1-4-12-7-9(2)15-11-6-5-10(14-3)8-13-11;1-2;/h5-6,8-9,12H,4,7H2,1-3H3;1-2H3;1H/t9-;;/m1../s1. The lowest BCUT2D eigenvalue weighted by molar-refractivity contribution is 0.209. The Morgan fingerprint density at radius 2 is 2.12 bits per heavy atom. The van der Waals surface area contributed by atoms with Gasteiger partial charge in [0.25, 0.3) is 0 Å². The normalized spacial score (nSPS) is 11.1. The predicted octanol–water partition coefficient (Wildman–Crippen LogP) is 2.74. The van der Waals surface area contributed by atoms with Crippen molar-refractivity contribution in [3.8, 4) is 11.6 Å². The van der Waals surface area contributed by atoms with E-state index in [0.717, 1.165) is 18.8 Å². The minimum Gasteiger partial charge on any atom is -0.495 e. The smallest absolute Gasteiger partial charge is 0.213 e. The lowest BCUT2D eigenvalue weighted by Gasteiger charge is -2.13. The van der Waals surface area contributed by atoms with E-state index in [2.05, 4.69) is 17.2 Å². The Hall–Kier alpha value is -1.29. The van der Waals surface area contributed by atoms with Crippen molar-refractivity contribution >= 4 is 0 Å². The molecule has 4 heteroatoms. The van der Waals surface area contributed by atoms with Crippen molar-refractivity contribution in [2.75, 3.05) is 20.2 Å². The summed E-state index contributed by atoms with van der Waals surface area (Å²) in [5.74, 6) is 1.36. The fourth-order valence-corrected chi connectivity index (χ4v) is 1.15. The molecule has 0 spiro atoms. The van der Waals surface area contributed by atoms with Crippen LogP contribution in [0.15, 0.2) is 18.3 Å². The van der Waals surface area contributed by atoms with Crippen LogP contribution in [0.3, 0.4) is 0 Å². The van der Waals surface area contributed by atoms with Crippen LogP contribution >= 0.6 is 0 Å². The molecule has 1 atom stereocenters. The predicted molar refractivity (Wildman–Crippen MR) is 72.9 cm³/mol. The van der Waals surface area contributed by atoms with Gasteiger partial charge in [0.2, 0.25) is 5.88 Å². The molecular weight excluding hydrogens is 216 g/mol. The molecular formula is C13H26N2O2. The minimum atomic E-state index is 0. The first-order valence-electron chi connectivity index (χ1n) is 6.13. The molecule has 0 unspecified atom stereocenters. The highest BCUT2D eigenvalue weighted by molar-refractivity contribution is 5.22. The Morgan fingerprint density at radius 3 is 2.59 bits per heavy atom. The molecule has 0 aliphatic heterocycles. The molecule has 1 N–H and O–H groups in total. The summed E-state index contributed by atoms with van der Waals surface area (Å²) in [7, 11) is 1.62. The second kappa shape index (κ2) is 9.90. The van der Waals surface area contributed by atoms with E-state index in [1.54, 1.807) is 19.4 Å². The first kappa shape index (κ1) is 15.7. The number of nitrogens with zero attached hydrogens (tertiary/aromatic N) is 1. The molecule has 1 rings (SSSR count). The minimum absolute atomic E-state index is 0. The topological polar surface area (TPSA) is 43.4 Å². The fourth-order valence-electron chi connectivity index (χ4n) is 1.15. The molecule has 17 heavy (non-hydrogen) atoms. The molecule has 0 bridgehead atoms. The highest BCUT2D eigenvalue weighted by Gasteiger charge is 2.03. The van der Waals surface area contributed by atoms with Gasteiger partial charge in [0.1, 0.15) is 11.9 Å². The van der Waals surface area contributed by atoms with Crippen molar-refractivity contribution in [3.63, 3.8) is 0 Å². The van der Waals surface area contributed by atoms with Crippen molar-refractivity contribution in [2.45, 2.75) is 33.8 Å². The summed E-state index contributed by atoms with van der Waals surface area (Å²) < 4.78 is 10.6. The third-order valence-corrected chi connectivity index (χ3v) is 1.95. The Bertz CT molecular complexity index is 281. The van der Waals surface area contributed by atoms with Gasteiger partial charge in [-0.2, -0.15) is 0 Å². The average molecular weight is 242 g/mol. The number of rotatable bonds is 6. The van der Waals surface area contributed by atoms with E-state index in [1.807, 2.05) is 26.8 Å². The summed E-state index contributed by atoms with van der Waals surface area (Å²) in [6.07, 6.45) is 1.76. The van der Waals surface area contributed by atoms with Gasteiger partial charge in [-0.15, -0.1) is 0 Å². The number of methoxy groups -OCH3 is 1. The molecule has 0 amide bonds. The summed E-state index contributed by atoms with van der Waals surface area (Å²) in [5, 5.41) is 3.21. The number of aromatic nitrogens is 1. The van der Waals surface area contributed by atoms with Crippen molar-refractivity contribution in [2.24, 2.45) is 0 Å². The van der Waals surface area contributed by atoms with Crippen LogP contribution in [-0.2, 0) is 0 Å². The van der Waals surface area contributed by atoms with Gasteiger partial charge in [-0.3, -0.25) is 0 Å². The van der Waals surface area contributed by atoms with Crippen molar-refractivity contribution < 1.29 is 10.9 Å². The van der Waals surface area contributed by atoms with E-state index in [1.165, 1.54) is 0 Å². The Kier molecular flexibility index (Phi) is 9.15. The zero-order chi connectivity index (χ0) is 13.1. The van der Waals surface area contributed by atoms with Crippen molar-refractivity contribution in [1.29, 1.82) is 0 Å². The maximum absolute atomic E-state index is 5.59. The Labute approximate surface area is 106 Å². The van der Waals surface area contributed by atoms with Crippen LogP contribution < -0.4 is 14.8 Å². The van der Waals surface area contributed by atoms with Crippen molar-refractivity contribution in [3.05, 3.63) is 18.3 Å². The highest BCUT2D eigenvalue weighted by atomic mass is 16.5. The maximum atomic E-state index is 5.59. The maximum Gasteiger partial charge on any atom is 0.213 e. The van der Waals surface area contributed by atoms with Crippen LogP contribution in [0.4, 0.5) is 0 Å². The second-order valence-corrected chi connectivity index (χ2v) is 3.27. The van der Waals surface area contributed by atoms with Gasteiger partial charge in [0, 0.05) is 14.0 Å². The van der Waals surface area contributed by atoms with Crippen molar-refractivity contribution in [1.82, 2.24) is 10.3 Å². The first-order chi connectivity index (χ1) is 8.26. The summed E-state index contributed by atoms with van der Waals surface area (Å²) in [6.45, 7) is 9.85. The largest absolute Gasteiger partial charge is 0.495 e. The molecule has 0 saturated heterocycles. The van der Waals surface area contributed by atoms with E-state index in [9.17, 15) is 0 Å². The third kappa shape index (κ3) is 6.79. The zero-order valence-corrected chi connectivity index (χ0v) is 11.5. The van der Waals surface area contributed by atoms with Gasteiger partial charge < -0.3 is 14.8 Å². The van der Waals surface area contributed by atoms with E-state index in [4.69, 9.17) is 9.47 Å². The van der Waals surface area contributed by atoms with Gasteiger partial charge >= 0.3 is 0 Å². The van der Waals surface area contributed by atoms with E-state index >= 15 is 0 Å². The lowest BCUT2D eigenvalue weighted by atomic mass is 10.4. The number of hydrogen-bond acceptors (Lipinski definition) is 4. The number of ether oxygens (including phenoxy) is 2. The van der Waals surface area contributed by atoms with Crippen LogP contribution in [-0.4, -0.2) is 31.3 Å².